The van der Waals surface area contributed by atoms with Crippen molar-refractivity contribution in [2.75, 3.05) is 16.8 Å². The number of anilines is 2. The highest BCUT2D eigenvalue weighted by Gasteiger charge is 2.32. The first-order valence-electron chi connectivity index (χ1n) is 8.28. The first-order valence-corrected chi connectivity index (χ1v) is 9.83. The molecular formula is C18H21N3O4S. The van der Waals surface area contributed by atoms with Gasteiger partial charge in [0.05, 0.1) is 17.2 Å². The predicted octanol–water partition coefficient (Wildman–Crippen LogP) is 2.72. The van der Waals surface area contributed by atoms with E-state index in [1.165, 1.54) is 12.1 Å². The van der Waals surface area contributed by atoms with Crippen molar-refractivity contribution >= 4 is 27.4 Å². The summed E-state index contributed by atoms with van der Waals surface area (Å²) in [7, 11) is -3.83. The van der Waals surface area contributed by atoms with Crippen molar-refractivity contribution in [3.8, 4) is 5.75 Å². The van der Waals surface area contributed by atoms with E-state index in [9.17, 15) is 13.2 Å². The van der Waals surface area contributed by atoms with Crippen LogP contribution < -0.4 is 20.1 Å². The third kappa shape index (κ3) is 3.66. The standard InChI is InChI=1S/C18H21N3O4S/c1-3-25-15-7-5-14(6-8-15)20-18(22)21-12(2)10-13-4-9-16(11-17(13)21)26(19,23)24/h4-9,11-12H,3,10H2,1-2H3,(H,20,22)(H2,19,23,24). The van der Waals surface area contributed by atoms with Crippen LogP contribution >= 0.6 is 0 Å². The molecule has 1 aliphatic heterocycles. The Balaban J connectivity index is 1.84. The molecule has 0 aliphatic carbocycles. The second-order valence-electron chi connectivity index (χ2n) is 6.15. The highest BCUT2D eigenvalue weighted by atomic mass is 32.2. The van der Waals surface area contributed by atoms with Crippen molar-refractivity contribution in [1.29, 1.82) is 0 Å². The molecule has 0 saturated heterocycles. The summed E-state index contributed by atoms with van der Waals surface area (Å²) in [6, 6.07) is 11.3. The van der Waals surface area contributed by atoms with Crippen molar-refractivity contribution in [3.05, 3.63) is 48.0 Å². The molecule has 2 aromatic rings. The van der Waals surface area contributed by atoms with E-state index in [1.54, 1.807) is 35.2 Å². The highest BCUT2D eigenvalue weighted by Crippen LogP contribution is 2.34. The molecule has 7 nitrogen and oxygen atoms in total. The Hall–Kier alpha value is -2.58. The van der Waals surface area contributed by atoms with Crippen molar-refractivity contribution in [3.63, 3.8) is 0 Å². The zero-order valence-electron chi connectivity index (χ0n) is 14.6. The average molecular weight is 375 g/mol. The second-order valence-corrected chi connectivity index (χ2v) is 7.71. The molecule has 0 bridgehead atoms. The number of fused-ring (bicyclic) bond motifs is 1. The molecule has 0 spiro atoms. The summed E-state index contributed by atoms with van der Waals surface area (Å²) >= 11 is 0. The zero-order valence-corrected chi connectivity index (χ0v) is 15.4. The first kappa shape index (κ1) is 18.2. The van der Waals surface area contributed by atoms with Gasteiger partial charge in [-0.3, -0.25) is 4.90 Å². The van der Waals surface area contributed by atoms with Gasteiger partial charge < -0.3 is 10.1 Å². The van der Waals surface area contributed by atoms with Crippen molar-refractivity contribution < 1.29 is 17.9 Å². The van der Waals surface area contributed by atoms with Gasteiger partial charge in [0.15, 0.2) is 0 Å². The molecule has 0 radical (unpaired) electrons. The van der Waals surface area contributed by atoms with E-state index in [0.29, 0.717) is 24.4 Å². The summed E-state index contributed by atoms with van der Waals surface area (Å²) in [6.45, 7) is 4.38. The molecule has 2 aromatic carbocycles. The maximum Gasteiger partial charge on any atom is 0.326 e. The van der Waals surface area contributed by atoms with Crippen LogP contribution in [0.2, 0.25) is 0 Å². The molecule has 1 unspecified atom stereocenters. The number of hydrogen-bond donors (Lipinski definition) is 2. The number of nitrogens with zero attached hydrogens (tertiary/aromatic N) is 1. The summed E-state index contributed by atoms with van der Waals surface area (Å²) in [4.78, 5) is 14.3. The monoisotopic (exact) mass is 375 g/mol. The number of nitrogens with one attached hydrogen (secondary N) is 1. The molecule has 0 aromatic heterocycles. The fourth-order valence-corrected chi connectivity index (χ4v) is 3.59. The number of primary sulfonamides is 1. The Morgan fingerprint density at radius 2 is 1.96 bits per heavy atom. The van der Waals surface area contributed by atoms with Crippen LogP contribution in [-0.4, -0.2) is 27.1 Å². The number of hydrogen-bond acceptors (Lipinski definition) is 4. The number of benzene rings is 2. The van der Waals surface area contributed by atoms with Crippen LogP contribution in [0.1, 0.15) is 19.4 Å². The molecule has 1 atom stereocenters. The predicted molar refractivity (Wildman–Crippen MR) is 100 cm³/mol. The number of ether oxygens (including phenoxy) is 1. The Morgan fingerprint density at radius 3 is 2.58 bits per heavy atom. The quantitative estimate of drug-likeness (QED) is 0.858. The van der Waals surface area contributed by atoms with Gasteiger partial charge in [-0.2, -0.15) is 0 Å². The molecule has 0 saturated carbocycles. The van der Waals surface area contributed by atoms with Gasteiger partial charge in [-0.15, -0.1) is 0 Å². The minimum Gasteiger partial charge on any atom is -0.494 e. The molecule has 3 N–H and O–H groups in total. The first-order chi connectivity index (χ1) is 12.3. The number of sulfonamides is 1. The SMILES string of the molecule is CCOc1ccc(NC(=O)N2c3cc(S(N)(=O)=O)ccc3CC2C)cc1. The summed E-state index contributed by atoms with van der Waals surface area (Å²) in [5.41, 5.74) is 2.10. The van der Waals surface area contributed by atoms with Crippen molar-refractivity contribution in [2.45, 2.75) is 31.2 Å². The van der Waals surface area contributed by atoms with E-state index in [4.69, 9.17) is 9.88 Å². The maximum atomic E-state index is 12.8. The molecule has 2 amide bonds. The number of carbonyl (C=O) groups excluding carboxylic acids is 1. The lowest BCUT2D eigenvalue weighted by atomic mass is 10.1. The second kappa shape index (κ2) is 6.97. The largest absolute Gasteiger partial charge is 0.494 e. The van der Waals surface area contributed by atoms with Crippen LogP contribution in [0.5, 0.6) is 5.75 Å². The van der Waals surface area contributed by atoms with Gasteiger partial charge in [0.2, 0.25) is 10.0 Å². The Bertz CT molecular complexity index is 926. The molecule has 0 fully saturated rings. The summed E-state index contributed by atoms with van der Waals surface area (Å²) < 4.78 is 28.6. The van der Waals surface area contributed by atoms with Crippen LogP contribution in [0.4, 0.5) is 16.2 Å². The van der Waals surface area contributed by atoms with E-state index >= 15 is 0 Å². The Morgan fingerprint density at radius 1 is 1.27 bits per heavy atom. The van der Waals surface area contributed by atoms with E-state index in [1.807, 2.05) is 13.8 Å². The van der Waals surface area contributed by atoms with E-state index < -0.39 is 10.0 Å². The molecule has 1 aliphatic rings. The lowest BCUT2D eigenvalue weighted by molar-refractivity contribution is 0.255. The number of rotatable bonds is 4. The number of carbonyl (C=O) groups is 1. The minimum absolute atomic E-state index is 0.00998. The van der Waals surface area contributed by atoms with Gasteiger partial charge in [-0.05, 0) is 62.2 Å². The van der Waals surface area contributed by atoms with Crippen LogP contribution in [0.25, 0.3) is 0 Å². The molecule has 138 valence electrons. The number of urea groups is 1. The zero-order chi connectivity index (χ0) is 18.9. The molecule has 26 heavy (non-hydrogen) atoms. The molecule has 8 heteroatoms. The minimum atomic E-state index is -3.83. The van der Waals surface area contributed by atoms with Crippen LogP contribution in [0.3, 0.4) is 0 Å². The van der Waals surface area contributed by atoms with Crippen LogP contribution in [-0.2, 0) is 16.4 Å². The van der Waals surface area contributed by atoms with Gasteiger partial charge >= 0.3 is 6.03 Å². The normalized spacial score (nSPS) is 16.3. The summed E-state index contributed by atoms with van der Waals surface area (Å²) in [5, 5.41) is 8.04. The lowest BCUT2D eigenvalue weighted by Crippen LogP contribution is -2.39. The van der Waals surface area contributed by atoms with Crippen LogP contribution in [0, 0.1) is 0 Å². The van der Waals surface area contributed by atoms with Crippen molar-refractivity contribution in [1.82, 2.24) is 0 Å². The third-order valence-electron chi connectivity index (χ3n) is 4.24. The van der Waals surface area contributed by atoms with Gasteiger partial charge in [0.25, 0.3) is 0 Å². The van der Waals surface area contributed by atoms with Crippen molar-refractivity contribution in [2.24, 2.45) is 5.14 Å². The topological polar surface area (TPSA) is 102 Å². The van der Waals surface area contributed by atoms with Crippen LogP contribution in [0.15, 0.2) is 47.4 Å². The smallest absolute Gasteiger partial charge is 0.326 e. The van der Waals surface area contributed by atoms with E-state index in [-0.39, 0.29) is 17.0 Å². The average Bonchev–Trinajstić information content (AvgIpc) is 2.91. The molecule has 3 rings (SSSR count). The summed E-state index contributed by atoms with van der Waals surface area (Å²) in [6.07, 6.45) is 0.650. The van der Waals surface area contributed by atoms with Gasteiger partial charge in [-0.1, -0.05) is 6.07 Å². The Kier molecular flexibility index (Phi) is 4.88. The number of nitrogens with two attached hydrogens (primary N) is 1. The van der Waals surface area contributed by atoms with E-state index in [0.717, 1.165) is 11.3 Å². The lowest BCUT2D eigenvalue weighted by Gasteiger charge is -2.23. The summed E-state index contributed by atoms with van der Waals surface area (Å²) in [5.74, 6) is 0.725. The van der Waals surface area contributed by atoms with E-state index in [2.05, 4.69) is 5.32 Å². The molecule has 1 heterocycles. The number of amides is 2. The van der Waals surface area contributed by atoms with Gasteiger partial charge in [0.1, 0.15) is 5.75 Å². The maximum absolute atomic E-state index is 12.8. The third-order valence-corrected chi connectivity index (χ3v) is 5.15. The van der Waals surface area contributed by atoms with Gasteiger partial charge in [0, 0.05) is 11.7 Å². The highest BCUT2D eigenvalue weighted by molar-refractivity contribution is 7.89. The fraction of sp³-hybridized carbons (Fsp3) is 0.278. The van der Waals surface area contributed by atoms with Gasteiger partial charge in [-0.25, -0.2) is 18.4 Å². The molecular weight excluding hydrogens is 354 g/mol. The Labute approximate surface area is 152 Å². The fourth-order valence-electron chi connectivity index (χ4n) is 3.06.